The molecule has 164 valence electrons. The maximum atomic E-state index is 13.6. The van der Waals surface area contributed by atoms with Gasteiger partial charge < -0.3 is 9.47 Å². The van der Waals surface area contributed by atoms with Gasteiger partial charge in [-0.3, -0.25) is 4.79 Å². The van der Waals surface area contributed by atoms with E-state index in [0.29, 0.717) is 25.2 Å². The molecule has 33 heavy (non-hydrogen) atoms. The second kappa shape index (κ2) is 9.27. The molecule has 0 aliphatic carbocycles. The minimum absolute atomic E-state index is 0.137. The van der Waals surface area contributed by atoms with Crippen LogP contribution in [0.5, 0.6) is 5.75 Å². The molecule has 1 aromatic heterocycles. The first-order valence-electron chi connectivity index (χ1n) is 10.9. The van der Waals surface area contributed by atoms with Crippen molar-refractivity contribution in [2.45, 2.75) is 13.0 Å². The van der Waals surface area contributed by atoms with Crippen LogP contribution in [0.25, 0.3) is 16.8 Å². The van der Waals surface area contributed by atoms with E-state index in [1.54, 1.807) is 7.11 Å². The van der Waals surface area contributed by atoms with Gasteiger partial charge in [0.05, 0.1) is 37.3 Å². The Hall–Kier alpha value is -3.96. The molecule has 0 amide bonds. The number of allylic oxidation sites excluding steroid dienone is 1. The number of carbonyl (C=O) groups excluding carboxylic acids is 1. The molecule has 0 spiro atoms. The molecule has 4 aromatic rings. The molecule has 0 N–H and O–H groups in total. The van der Waals surface area contributed by atoms with E-state index in [2.05, 4.69) is 5.10 Å². The summed E-state index contributed by atoms with van der Waals surface area (Å²) in [5.41, 5.74) is 6.17. The van der Waals surface area contributed by atoms with Crippen LogP contribution in [0.1, 0.15) is 21.6 Å². The van der Waals surface area contributed by atoms with Gasteiger partial charge in [-0.1, -0.05) is 72.8 Å². The van der Waals surface area contributed by atoms with Crippen molar-refractivity contribution in [2.75, 3.05) is 13.7 Å². The summed E-state index contributed by atoms with van der Waals surface area (Å²) < 4.78 is 12.9. The van der Waals surface area contributed by atoms with Crippen molar-refractivity contribution in [1.29, 1.82) is 0 Å². The van der Waals surface area contributed by atoms with Crippen molar-refractivity contribution < 1.29 is 14.3 Å². The van der Waals surface area contributed by atoms with Crippen LogP contribution in [-0.2, 0) is 17.8 Å². The van der Waals surface area contributed by atoms with Crippen molar-refractivity contribution in [3.63, 3.8) is 0 Å². The van der Waals surface area contributed by atoms with Gasteiger partial charge in [0, 0.05) is 12.0 Å². The zero-order valence-corrected chi connectivity index (χ0v) is 18.4. The summed E-state index contributed by atoms with van der Waals surface area (Å²) in [4.78, 5) is 13.6. The van der Waals surface area contributed by atoms with E-state index < -0.39 is 0 Å². The van der Waals surface area contributed by atoms with Crippen LogP contribution < -0.4 is 4.74 Å². The highest BCUT2D eigenvalue weighted by atomic mass is 16.5. The number of ether oxygens (including phenoxy) is 2. The molecule has 0 saturated heterocycles. The van der Waals surface area contributed by atoms with E-state index >= 15 is 0 Å². The van der Waals surface area contributed by atoms with Gasteiger partial charge in [0.2, 0.25) is 0 Å². The Morgan fingerprint density at radius 1 is 0.848 bits per heavy atom. The Labute approximate surface area is 192 Å². The van der Waals surface area contributed by atoms with Gasteiger partial charge >= 0.3 is 0 Å². The maximum Gasteiger partial charge on any atom is 0.279 e. The molecule has 5 nitrogen and oxygen atoms in total. The highest BCUT2D eigenvalue weighted by molar-refractivity contribution is 6.22. The smallest absolute Gasteiger partial charge is 0.279 e. The average Bonchev–Trinajstić information content (AvgIpc) is 3.30. The molecular formula is C28H24N2O3. The molecule has 1 aliphatic heterocycles. The number of aromatic nitrogens is 2. The van der Waals surface area contributed by atoms with Gasteiger partial charge in [-0.25, -0.2) is 0 Å². The summed E-state index contributed by atoms with van der Waals surface area (Å²) in [6, 6.07) is 29.5. The first-order valence-corrected chi connectivity index (χ1v) is 10.9. The Balaban J connectivity index is 1.48. The molecule has 0 bridgehead atoms. The lowest BCUT2D eigenvalue weighted by molar-refractivity contribution is 0.0951. The van der Waals surface area contributed by atoms with Crippen LogP contribution in [0.2, 0.25) is 0 Å². The molecule has 5 rings (SSSR count). The van der Waals surface area contributed by atoms with Crippen molar-refractivity contribution >= 4 is 11.5 Å². The van der Waals surface area contributed by atoms with Crippen LogP contribution in [0.4, 0.5) is 0 Å². The fourth-order valence-electron chi connectivity index (χ4n) is 4.11. The number of rotatable bonds is 7. The predicted octanol–water partition coefficient (Wildman–Crippen LogP) is 5.43. The average molecular weight is 437 g/mol. The lowest BCUT2D eigenvalue weighted by Gasteiger charge is -2.21. The number of hydrogen-bond acceptors (Lipinski definition) is 4. The molecule has 3 aromatic carbocycles. The van der Waals surface area contributed by atoms with Crippen LogP contribution in [0, 0.1) is 0 Å². The fourth-order valence-corrected chi connectivity index (χ4v) is 4.11. The molecule has 0 unspecified atom stereocenters. The monoisotopic (exact) mass is 436 g/mol. The van der Waals surface area contributed by atoms with Crippen LogP contribution in [0.15, 0.2) is 96.6 Å². The van der Waals surface area contributed by atoms with E-state index in [1.165, 1.54) is 4.68 Å². The normalized spacial score (nSPS) is 13.2. The first kappa shape index (κ1) is 20.9. The van der Waals surface area contributed by atoms with E-state index in [0.717, 1.165) is 39.4 Å². The number of methoxy groups -OCH3 is 1. The van der Waals surface area contributed by atoms with Gasteiger partial charge in [0.1, 0.15) is 5.75 Å². The Bertz CT molecular complexity index is 1290. The van der Waals surface area contributed by atoms with Gasteiger partial charge in [0.15, 0.2) is 0 Å². The number of benzene rings is 3. The van der Waals surface area contributed by atoms with Crippen LogP contribution in [-0.4, -0.2) is 29.4 Å². The molecule has 0 radical (unpaired) electrons. The third-order valence-corrected chi connectivity index (χ3v) is 5.77. The zero-order chi connectivity index (χ0) is 22.6. The molecule has 5 heteroatoms. The van der Waals surface area contributed by atoms with E-state index in [4.69, 9.17) is 9.47 Å². The summed E-state index contributed by atoms with van der Waals surface area (Å²) in [5.74, 6) is 0.609. The van der Waals surface area contributed by atoms with Gasteiger partial charge in [-0.2, -0.15) is 9.78 Å². The highest BCUT2D eigenvalue weighted by Gasteiger charge is 2.29. The van der Waals surface area contributed by atoms with E-state index in [9.17, 15) is 4.79 Å². The lowest BCUT2D eigenvalue weighted by atomic mass is 9.93. The molecular weight excluding hydrogens is 412 g/mol. The summed E-state index contributed by atoms with van der Waals surface area (Å²) in [5, 5.41) is 4.64. The number of fused-ring (bicyclic) bond motifs is 1. The third kappa shape index (κ3) is 4.36. The summed E-state index contributed by atoms with van der Waals surface area (Å²) in [6.45, 7) is 0.858. The molecule has 1 aliphatic rings. The summed E-state index contributed by atoms with van der Waals surface area (Å²) in [7, 11) is 1.63. The van der Waals surface area contributed by atoms with Crippen molar-refractivity contribution in [2.24, 2.45) is 0 Å². The van der Waals surface area contributed by atoms with Crippen molar-refractivity contribution in [1.82, 2.24) is 9.78 Å². The Morgan fingerprint density at radius 3 is 2.24 bits per heavy atom. The molecule has 2 heterocycles. The SMILES string of the molecule is COc1ccc(C2=C(COCc3ccccc3)Cc3cc(-c4ccccc4)nn3C2=O)cc1. The van der Waals surface area contributed by atoms with Gasteiger partial charge in [-0.05, 0) is 34.9 Å². The lowest BCUT2D eigenvalue weighted by Crippen LogP contribution is -2.25. The van der Waals surface area contributed by atoms with E-state index in [-0.39, 0.29) is 5.91 Å². The van der Waals surface area contributed by atoms with Crippen molar-refractivity contribution in [3.05, 3.63) is 113 Å². The minimum atomic E-state index is -0.137. The standard InChI is InChI=1S/C28H24N2O3/c1-32-25-14-12-22(13-15-25)27-23(19-33-18-20-8-4-2-5-9-20)16-24-17-26(29-30(24)28(27)31)21-10-6-3-7-11-21/h2-15,17H,16,18-19H2,1H3. The fraction of sp³-hybridized carbons (Fsp3) is 0.143. The number of carbonyl (C=O) groups is 1. The van der Waals surface area contributed by atoms with Crippen molar-refractivity contribution in [3.8, 4) is 17.0 Å². The summed E-state index contributed by atoms with van der Waals surface area (Å²) >= 11 is 0. The Kier molecular flexibility index (Phi) is 5.87. The quantitative estimate of drug-likeness (QED) is 0.388. The van der Waals surface area contributed by atoms with Gasteiger partial charge in [-0.15, -0.1) is 0 Å². The second-order valence-corrected chi connectivity index (χ2v) is 7.97. The third-order valence-electron chi connectivity index (χ3n) is 5.77. The van der Waals surface area contributed by atoms with Gasteiger partial charge in [0.25, 0.3) is 5.91 Å². The predicted molar refractivity (Wildman–Crippen MR) is 128 cm³/mol. The zero-order valence-electron chi connectivity index (χ0n) is 18.4. The largest absolute Gasteiger partial charge is 0.497 e. The molecule has 0 fully saturated rings. The number of hydrogen-bond donors (Lipinski definition) is 0. The highest BCUT2D eigenvalue weighted by Crippen LogP contribution is 2.32. The topological polar surface area (TPSA) is 53.4 Å². The van der Waals surface area contributed by atoms with Crippen LogP contribution in [0.3, 0.4) is 0 Å². The van der Waals surface area contributed by atoms with E-state index in [1.807, 2.05) is 91.0 Å². The Morgan fingerprint density at radius 2 is 1.55 bits per heavy atom. The maximum absolute atomic E-state index is 13.6. The summed E-state index contributed by atoms with van der Waals surface area (Å²) in [6.07, 6.45) is 0.599. The minimum Gasteiger partial charge on any atom is -0.497 e. The molecule has 0 atom stereocenters. The van der Waals surface area contributed by atoms with Crippen LogP contribution >= 0.6 is 0 Å². The first-order chi connectivity index (χ1) is 16.2. The number of nitrogens with zero attached hydrogens (tertiary/aromatic N) is 2. The molecule has 0 saturated carbocycles. The second-order valence-electron chi connectivity index (χ2n) is 7.97.